The van der Waals surface area contributed by atoms with Gasteiger partial charge in [0.25, 0.3) is 0 Å². The number of methoxy groups -OCH3 is 1. The van der Waals surface area contributed by atoms with Crippen molar-refractivity contribution in [2.75, 3.05) is 12.4 Å². The van der Waals surface area contributed by atoms with Crippen LogP contribution < -0.4 is 10.1 Å². The highest BCUT2D eigenvalue weighted by Gasteiger charge is 2.12. The van der Waals surface area contributed by atoms with E-state index in [-0.39, 0.29) is 6.04 Å². The third-order valence-corrected chi connectivity index (χ3v) is 5.01. The molecule has 0 amide bonds. The number of benzene rings is 1. The summed E-state index contributed by atoms with van der Waals surface area (Å²) in [6, 6.07) is 8.72. The fraction of sp³-hybridized carbons (Fsp3) is 0.333. The Hall–Kier alpha value is -1.000. The van der Waals surface area contributed by atoms with E-state index in [1.165, 1.54) is 4.88 Å². The molecule has 0 spiro atoms. The Labute approximate surface area is 126 Å². The minimum atomic E-state index is 0.280. The summed E-state index contributed by atoms with van der Waals surface area (Å²) in [6.45, 7) is 6.32. The Kier molecular flexibility index (Phi) is 4.53. The summed E-state index contributed by atoms with van der Waals surface area (Å²) in [7, 11) is 1.72. The van der Waals surface area contributed by atoms with Crippen molar-refractivity contribution in [2.45, 2.75) is 26.8 Å². The first-order valence-electron chi connectivity index (χ1n) is 6.19. The summed E-state index contributed by atoms with van der Waals surface area (Å²) in [5.41, 5.74) is 3.45. The van der Waals surface area contributed by atoms with Gasteiger partial charge in [-0.3, -0.25) is 0 Å². The third kappa shape index (κ3) is 3.12. The van der Waals surface area contributed by atoms with E-state index >= 15 is 0 Å². The lowest BCUT2D eigenvalue weighted by molar-refractivity contribution is 0.409. The van der Waals surface area contributed by atoms with Crippen LogP contribution in [0.1, 0.15) is 29.0 Å². The zero-order chi connectivity index (χ0) is 14.0. The maximum Gasteiger partial charge on any atom is 0.126 e. The molecule has 4 heteroatoms. The molecule has 1 aromatic heterocycles. The summed E-state index contributed by atoms with van der Waals surface area (Å²) >= 11 is 5.26. The maximum atomic E-state index is 5.46. The summed E-state index contributed by atoms with van der Waals surface area (Å²) in [5, 5.41) is 3.55. The molecule has 0 fully saturated rings. The molecular weight excluding hydrogens is 322 g/mol. The van der Waals surface area contributed by atoms with Crippen molar-refractivity contribution in [2.24, 2.45) is 0 Å². The Morgan fingerprint density at radius 2 is 1.95 bits per heavy atom. The van der Waals surface area contributed by atoms with E-state index in [2.05, 4.69) is 66.3 Å². The van der Waals surface area contributed by atoms with E-state index in [0.29, 0.717) is 0 Å². The normalized spacial score (nSPS) is 12.3. The number of hydrogen-bond acceptors (Lipinski definition) is 3. The second kappa shape index (κ2) is 5.97. The molecule has 0 aliphatic heterocycles. The molecule has 1 atom stereocenters. The first kappa shape index (κ1) is 14.4. The second-order valence-electron chi connectivity index (χ2n) is 4.60. The number of hydrogen-bond donors (Lipinski definition) is 1. The molecule has 0 saturated carbocycles. The molecule has 0 aliphatic carbocycles. The minimum Gasteiger partial charge on any atom is -0.496 e. The van der Waals surface area contributed by atoms with Gasteiger partial charge in [-0.2, -0.15) is 0 Å². The van der Waals surface area contributed by atoms with Crippen molar-refractivity contribution < 1.29 is 4.74 Å². The van der Waals surface area contributed by atoms with Crippen LogP contribution in [0.3, 0.4) is 0 Å². The molecule has 0 saturated heterocycles. The fourth-order valence-electron chi connectivity index (χ4n) is 2.16. The highest BCUT2D eigenvalue weighted by molar-refractivity contribution is 9.11. The van der Waals surface area contributed by atoms with Crippen molar-refractivity contribution in [1.29, 1.82) is 0 Å². The van der Waals surface area contributed by atoms with Gasteiger partial charge in [0, 0.05) is 16.1 Å². The number of thiophene rings is 1. The van der Waals surface area contributed by atoms with E-state index in [4.69, 9.17) is 4.74 Å². The average Bonchev–Trinajstić information content (AvgIpc) is 2.80. The smallest absolute Gasteiger partial charge is 0.126 e. The van der Waals surface area contributed by atoms with Gasteiger partial charge in [0.15, 0.2) is 0 Å². The lowest BCUT2D eigenvalue weighted by Gasteiger charge is -2.18. The first-order chi connectivity index (χ1) is 9.02. The Morgan fingerprint density at radius 1 is 1.21 bits per heavy atom. The molecular formula is C15H18BrNOS. The molecule has 1 heterocycles. The quantitative estimate of drug-likeness (QED) is 0.814. The molecule has 102 valence electrons. The molecule has 2 nitrogen and oxygen atoms in total. The highest BCUT2D eigenvalue weighted by Crippen LogP contribution is 2.33. The fourth-order valence-corrected chi connectivity index (χ4v) is 3.59. The summed E-state index contributed by atoms with van der Waals surface area (Å²) in [5.74, 6) is 0.963. The van der Waals surface area contributed by atoms with E-state index in [1.54, 1.807) is 18.4 Å². The Morgan fingerprint density at radius 3 is 2.53 bits per heavy atom. The lowest BCUT2D eigenvalue weighted by atomic mass is 10.1. The molecule has 0 radical (unpaired) electrons. The summed E-state index contributed by atoms with van der Waals surface area (Å²) < 4.78 is 6.62. The second-order valence-corrected chi connectivity index (χ2v) is 7.09. The van der Waals surface area contributed by atoms with Crippen molar-refractivity contribution in [3.05, 3.63) is 44.1 Å². The van der Waals surface area contributed by atoms with Crippen LogP contribution in [0.5, 0.6) is 5.75 Å². The van der Waals surface area contributed by atoms with Gasteiger partial charge in [-0.15, -0.1) is 11.3 Å². The largest absolute Gasteiger partial charge is 0.496 e. The zero-order valence-electron chi connectivity index (χ0n) is 11.6. The molecule has 19 heavy (non-hydrogen) atoms. The predicted octanol–water partition coefficient (Wildman–Crippen LogP) is 5.31. The molecule has 0 bridgehead atoms. The van der Waals surface area contributed by atoms with Crippen molar-refractivity contribution in [3.8, 4) is 5.75 Å². The number of halogens is 1. The standard InChI is InChI=1S/C15H18BrNOS/c1-9-5-6-12(10(2)15(9)18-4)17-11(3)13-7-8-14(16)19-13/h5-8,11,17H,1-4H3. The SMILES string of the molecule is COc1c(C)ccc(NC(C)c2ccc(Br)s2)c1C. The topological polar surface area (TPSA) is 21.3 Å². The van der Waals surface area contributed by atoms with Crippen LogP contribution in [-0.4, -0.2) is 7.11 Å². The van der Waals surface area contributed by atoms with Crippen molar-refractivity contribution in [3.63, 3.8) is 0 Å². The van der Waals surface area contributed by atoms with Crippen LogP contribution in [0.25, 0.3) is 0 Å². The van der Waals surface area contributed by atoms with E-state index < -0.39 is 0 Å². The van der Waals surface area contributed by atoms with Gasteiger partial charge in [0.1, 0.15) is 5.75 Å². The number of aryl methyl sites for hydroxylation is 1. The third-order valence-electron chi connectivity index (χ3n) is 3.20. The summed E-state index contributed by atoms with van der Waals surface area (Å²) in [4.78, 5) is 1.31. The average molecular weight is 340 g/mol. The van der Waals surface area contributed by atoms with Gasteiger partial charge in [0.2, 0.25) is 0 Å². The molecule has 1 aromatic carbocycles. The van der Waals surface area contributed by atoms with Crippen LogP contribution in [0.4, 0.5) is 5.69 Å². The molecule has 1 N–H and O–H groups in total. The highest BCUT2D eigenvalue weighted by atomic mass is 79.9. The van der Waals surface area contributed by atoms with Crippen molar-refractivity contribution >= 4 is 33.0 Å². The van der Waals surface area contributed by atoms with Crippen LogP contribution in [0, 0.1) is 13.8 Å². The van der Waals surface area contributed by atoms with Crippen LogP contribution in [0.15, 0.2) is 28.1 Å². The minimum absolute atomic E-state index is 0.280. The van der Waals surface area contributed by atoms with Crippen molar-refractivity contribution in [1.82, 2.24) is 0 Å². The zero-order valence-corrected chi connectivity index (χ0v) is 14.0. The van der Waals surface area contributed by atoms with Gasteiger partial charge >= 0.3 is 0 Å². The lowest BCUT2D eigenvalue weighted by Crippen LogP contribution is -2.07. The molecule has 0 aliphatic rings. The van der Waals surface area contributed by atoms with Crippen LogP contribution in [0.2, 0.25) is 0 Å². The maximum absolute atomic E-state index is 5.46. The van der Waals surface area contributed by atoms with Gasteiger partial charge in [-0.1, -0.05) is 6.07 Å². The van der Waals surface area contributed by atoms with Crippen LogP contribution >= 0.6 is 27.3 Å². The molecule has 2 aromatic rings. The molecule has 1 unspecified atom stereocenters. The van der Waals surface area contributed by atoms with Crippen LogP contribution in [-0.2, 0) is 0 Å². The van der Waals surface area contributed by atoms with E-state index in [9.17, 15) is 0 Å². The van der Waals surface area contributed by atoms with Gasteiger partial charge in [0.05, 0.1) is 16.9 Å². The predicted molar refractivity (Wildman–Crippen MR) is 86.5 cm³/mol. The van der Waals surface area contributed by atoms with Gasteiger partial charge < -0.3 is 10.1 Å². The number of anilines is 1. The van der Waals surface area contributed by atoms with E-state index in [1.807, 2.05) is 0 Å². The Balaban J connectivity index is 2.24. The first-order valence-corrected chi connectivity index (χ1v) is 7.80. The number of nitrogens with one attached hydrogen (secondary N) is 1. The summed E-state index contributed by atoms with van der Waals surface area (Å²) in [6.07, 6.45) is 0. The monoisotopic (exact) mass is 339 g/mol. The number of rotatable bonds is 4. The van der Waals surface area contributed by atoms with Gasteiger partial charge in [-0.25, -0.2) is 0 Å². The molecule has 2 rings (SSSR count). The number of ether oxygens (including phenoxy) is 1. The van der Waals surface area contributed by atoms with E-state index in [0.717, 1.165) is 26.4 Å². The van der Waals surface area contributed by atoms with Gasteiger partial charge in [-0.05, 0) is 60.5 Å². The Bertz CT molecular complexity index is 580.